The summed E-state index contributed by atoms with van der Waals surface area (Å²) in [6, 6.07) is 21.9. The average molecular weight is 429 g/mol. The van der Waals surface area contributed by atoms with E-state index in [-0.39, 0.29) is 30.1 Å². The SMILES string of the molecule is O=C1CC(N(Cc2ccccc2)C(=O)c2ccc([N+](=O)[O-])cc2)C(=O)N1c1ccccc1. The Labute approximate surface area is 183 Å². The number of nitro benzene ring substituents is 1. The minimum atomic E-state index is -0.981. The fourth-order valence-electron chi connectivity index (χ4n) is 3.70. The first kappa shape index (κ1) is 20.9. The third-order valence-corrected chi connectivity index (χ3v) is 5.30. The van der Waals surface area contributed by atoms with Crippen LogP contribution >= 0.6 is 0 Å². The number of hydrogen-bond acceptors (Lipinski definition) is 5. The molecule has 0 aromatic heterocycles. The van der Waals surface area contributed by atoms with Gasteiger partial charge in [-0.25, -0.2) is 4.90 Å². The molecule has 1 aliphatic heterocycles. The van der Waals surface area contributed by atoms with Crippen LogP contribution in [0.25, 0.3) is 0 Å². The summed E-state index contributed by atoms with van der Waals surface area (Å²) in [5.41, 5.74) is 1.30. The lowest BCUT2D eigenvalue weighted by atomic mass is 10.1. The number of hydrogen-bond donors (Lipinski definition) is 0. The summed E-state index contributed by atoms with van der Waals surface area (Å²) in [5.74, 6) is -1.35. The van der Waals surface area contributed by atoms with Crippen LogP contribution in [0.4, 0.5) is 11.4 Å². The van der Waals surface area contributed by atoms with E-state index in [0.717, 1.165) is 10.5 Å². The van der Waals surface area contributed by atoms with Crippen LogP contribution in [0.1, 0.15) is 22.3 Å². The van der Waals surface area contributed by atoms with Gasteiger partial charge in [0, 0.05) is 24.2 Å². The van der Waals surface area contributed by atoms with E-state index in [1.54, 1.807) is 30.3 Å². The van der Waals surface area contributed by atoms with Crippen molar-refractivity contribution in [1.82, 2.24) is 4.90 Å². The normalized spacial score (nSPS) is 15.6. The predicted octanol–water partition coefficient (Wildman–Crippen LogP) is 3.57. The molecular formula is C24H19N3O5. The molecule has 0 saturated carbocycles. The largest absolute Gasteiger partial charge is 0.322 e. The molecule has 0 N–H and O–H groups in total. The van der Waals surface area contributed by atoms with Crippen LogP contribution < -0.4 is 4.90 Å². The molecule has 8 nitrogen and oxygen atoms in total. The van der Waals surface area contributed by atoms with E-state index in [1.807, 2.05) is 30.3 Å². The van der Waals surface area contributed by atoms with Crippen molar-refractivity contribution < 1.29 is 19.3 Å². The number of nitrogens with zero attached hydrogens (tertiary/aromatic N) is 3. The zero-order valence-corrected chi connectivity index (χ0v) is 17.0. The quantitative estimate of drug-likeness (QED) is 0.339. The Morgan fingerprint density at radius 2 is 1.53 bits per heavy atom. The molecular weight excluding hydrogens is 410 g/mol. The van der Waals surface area contributed by atoms with E-state index in [1.165, 1.54) is 29.2 Å². The van der Waals surface area contributed by atoms with Gasteiger partial charge in [-0.2, -0.15) is 0 Å². The zero-order chi connectivity index (χ0) is 22.7. The lowest BCUT2D eigenvalue weighted by Crippen LogP contribution is -2.45. The first-order chi connectivity index (χ1) is 15.5. The Morgan fingerprint density at radius 1 is 0.938 bits per heavy atom. The van der Waals surface area contributed by atoms with Crippen molar-refractivity contribution in [2.45, 2.75) is 19.0 Å². The Kier molecular flexibility index (Phi) is 5.76. The molecule has 1 atom stereocenters. The number of rotatable bonds is 6. The van der Waals surface area contributed by atoms with Crippen molar-refractivity contribution in [3.05, 3.63) is 106 Å². The van der Waals surface area contributed by atoms with E-state index in [2.05, 4.69) is 0 Å². The Balaban J connectivity index is 1.68. The van der Waals surface area contributed by atoms with Crippen LogP contribution in [0.2, 0.25) is 0 Å². The van der Waals surface area contributed by atoms with Gasteiger partial charge in [0.25, 0.3) is 17.5 Å². The minimum Gasteiger partial charge on any atom is -0.322 e. The molecule has 1 fully saturated rings. The molecule has 1 unspecified atom stereocenters. The van der Waals surface area contributed by atoms with Gasteiger partial charge in [0.2, 0.25) is 5.91 Å². The number of carbonyl (C=O) groups excluding carboxylic acids is 3. The molecule has 0 spiro atoms. The van der Waals surface area contributed by atoms with E-state index in [0.29, 0.717) is 5.69 Å². The van der Waals surface area contributed by atoms with E-state index >= 15 is 0 Å². The zero-order valence-electron chi connectivity index (χ0n) is 17.0. The molecule has 3 amide bonds. The first-order valence-electron chi connectivity index (χ1n) is 9.97. The third kappa shape index (κ3) is 4.11. The smallest absolute Gasteiger partial charge is 0.269 e. The van der Waals surface area contributed by atoms with Crippen LogP contribution in [0.5, 0.6) is 0 Å². The number of anilines is 1. The van der Waals surface area contributed by atoms with Crippen molar-refractivity contribution in [1.29, 1.82) is 0 Å². The van der Waals surface area contributed by atoms with E-state index < -0.39 is 22.8 Å². The van der Waals surface area contributed by atoms with Gasteiger partial charge in [-0.15, -0.1) is 0 Å². The number of amides is 3. The molecule has 1 saturated heterocycles. The topological polar surface area (TPSA) is 101 Å². The monoisotopic (exact) mass is 429 g/mol. The Morgan fingerprint density at radius 3 is 2.12 bits per heavy atom. The van der Waals surface area contributed by atoms with E-state index in [4.69, 9.17) is 0 Å². The van der Waals surface area contributed by atoms with Crippen molar-refractivity contribution >= 4 is 29.1 Å². The lowest BCUT2D eigenvalue weighted by Gasteiger charge is -2.28. The fourth-order valence-corrected chi connectivity index (χ4v) is 3.70. The highest BCUT2D eigenvalue weighted by Crippen LogP contribution is 2.28. The predicted molar refractivity (Wildman–Crippen MR) is 117 cm³/mol. The summed E-state index contributed by atoms with van der Waals surface area (Å²) >= 11 is 0. The Hall–Kier alpha value is -4.33. The molecule has 0 radical (unpaired) electrons. The van der Waals surface area contributed by atoms with Gasteiger partial charge < -0.3 is 4.90 Å². The second-order valence-electron chi connectivity index (χ2n) is 7.35. The maximum absolute atomic E-state index is 13.4. The number of nitro groups is 1. The second-order valence-corrected chi connectivity index (χ2v) is 7.35. The number of non-ortho nitro benzene ring substituents is 1. The number of carbonyl (C=O) groups is 3. The highest BCUT2D eigenvalue weighted by atomic mass is 16.6. The molecule has 1 heterocycles. The van der Waals surface area contributed by atoms with Crippen LogP contribution in [-0.4, -0.2) is 33.6 Å². The second kappa shape index (κ2) is 8.81. The third-order valence-electron chi connectivity index (χ3n) is 5.30. The average Bonchev–Trinajstić information content (AvgIpc) is 3.11. The van der Waals surface area contributed by atoms with Gasteiger partial charge in [-0.1, -0.05) is 48.5 Å². The van der Waals surface area contributed by atoms with Crippen LogP contribution in [0.15, 0.2) is 84.9 Å². The number of benzene rings is 3. The summed E-state index contributed by atoms with van der Waals surface area (Å²) in [7, 11) is 0. The van der Waals surface area contributed by atoms with Gasteiger partial charge in [-0.05, 0) is 29.8 Å². The van der Waals surface area contributed by atoms with E-state index in [9.17, 15) is 24.5 Å². The maximum atomic E-state index is 13.4. The summed E-state index contributed by atoms with van der Waals surface area (Å²) in [6.07, 6.45) is -0.140. The molecule has 32 heavy (non-hydrogen) atoms. The molecule has 160 valence electrons. The molecule has 3 aromatic rings. The lowest BCUT2D eigenvalue weighted by molar-refractivity contribution is -0.384. The van der Waals surface area contributed by atoms with Crippen LogP contribution in [0, 0.1) is 10.1 Å². The highest BCUT2D eigenvalue weighted by Gasteiger charge is 2.44. The molecule has 8 heteroatoms. The molecule has 0 aliphatic carbocycles. The molecule has 4 rings (SSSR count). The number of para-hydroxylation sites is 1. The fraction of sp³-hybridized carbons (Fsp3) is 0.125. The van der Waals surface area contributed by atoms with Gasteiger partial charge in [-0.3, -0.25) is 24.5 Å². The van der Waals surface area contributed by atoms with Crippen molar-refractivity contribution in [2.24, 2.45) is 0 Å². The molecule has 0 bridgehead atoms. The van der Waals surface area contributed by atoms with Crippen LogP contribution in [0.3, 0.4) is 0 Å². The molecule has 1 aliphatic rings. The minimum absolute atomic E-state index is 0.114. The van der Waals surface area contributed by atoms with Gasteiger partial charge in [0.15, 0.2) is 0 Å². The molecule has 3 aromatic carbocycles. The van der Waals surface area contributed by atoms with Gasteiger partial charge in [0.1, 0.15) is 6.04 Å². The summed E-state index contributed by atoms with van der Waals surface area (Å²) in [4.78, 5) is 52.2. The van der Waals surface area contributed by atoms with Gasteiger partial charge in [0.05, 0.1) is 17.0 Å². The standard InChI is InChI=1S/C24H19N3O5/c28-22-15-21(24(30)26(22)19-9-5-2-6-10-19)25(16-17-7-3-1-4-8-17)23(29)18-11-13-20(14-12-18)27(31)32/h1-14,21H,15-16H2. The summed E-state index contributed by atoms with van der Waals surface area (Å²) < 4.78 is 0. The van der Waals surface area contributed by atoms with Crippen molar-refractivity contribution in [3.8, 4) is 0 Å². The number of imide groups is 1. The van der Waals surface area contributed by atoms with Crippen molar-refractivity contribution in [2.75, 3.05) is 4.90 Å². The first-order valence-corrected chi connectivity index (χ1v) is 9.97. The van der Waals surface area contributed by atoms with Crippen molar-refractivity contribution in [3.63, 3.8) is 0 Å². The summed E-state index contributed by atoms with van der Waals surface area (Å²) in [5, 5.41) is 10.9. The van der Waals surface area contributed by atoms with Gasteiger partial charge >= 0.3 is 0 Å². The summed E-state index contributed by atoms with van der Waals surface area (Å²) in [6.45, 7) is 0.114. The Bertz CT molecular complexity index is 1160. The maximum Gasteiger partial charge on any atom is 0.269 e. The van der Waals surface area contributed by atoms with Crippen LogP contribution in [-0.2, 0) is 16.1 Å². The highest BCUT2D eigenvalue weighted by molar-refractivity contribution is 6.23.